The van der Waals surface area contributed by atoms with Gasteiger partial charge in [-0.3, -0.25) is 4.79 Å². The third-order valence-corrected chi connectivity index (χ3v) is 5.39. The number of nitrogens with one attached hydrogen (secondary N) is 1. The zero-order valence-electron chi connectivity index (χ0n) is 14.2. The quantitative estimate of drug-likeness (QED) is 0.602. The number of thiophene rings is 1. The minimum absolute atomic E-state index is 0.120. The van der Waals surface area contributed by atoms with Crippen molar-refractivity contribution in [3.05, 3.63) is 71.1 Å². The maximum atomic E-state index is 12.9. The molecule has 0 bridgehead atoms. The van der Waals surface area contributed by atoms with E-state index in [1.54, 1.807) is 16.0 Å². The van der Waals surface area contributed by atoms with E-state index in [0.29, 0.717) is 11.3 Å². The van der Waals surface area contributed by atoms with Crippen molar-refractivity contribution in [2.45, 2.75) is 13.8 Å². The summed E-state index contributed by atoms with van der Waals surface area (Å²) in [7, 11) is 0. The number of hydrogen-bond donors (Lipinski definition) is 1. The summed E-state index contributed by atoms with van der Waals surface area (Å²) >= 11 is 1.61. The van der Waals surface area contributed by atoms with Crippen molar-refractivity contribution in [2.24, 2.45) is 0 Å². The second-order valence-corrected chi connectivity index (χ2v) is 7.01. The third kappa shape index (κ3) is 2.91. The van der Waals surface area contributed by atoms with E-state index in [-0.39, 0.29) is 5.91 Å². The van der Waals surface area contributed by atoms with E-state index in [0.717, 1.165) is 21.1 Å². The predicted molar refractivity (Wildman–Crippen MR) is 100 cm³/mol. The number of rotatable bonds is 4. The molecule has 0 aliphatic rings. The smallest absolute Gasteiger partial charge is 0.258 e. The summed E-state index contributed by atoms with van der Waals surface area (Å²) in [4.78, 5) is 14.1. The van der Waals surface area contributed by atoms with E-state index in [1.807, 2.05) is 67.2 Å². The van der Waals surface area contributed by atoms with Crippen LogP contribution in [0.15, 0.2) is 55.1 Å². The molecule has 0 aliphatic heterocycles. The van der Waals surface area contributed by atoms with Gasteiger partial charge < -0.3 is 9.88 Å². The maximum Gasteiger partial charge on any atom is 0.258 e. The molecule has 0 aliphatic carbocycles. The number of carbonyl (C=O) groups is 1. The van der Waals surface area contributed by atoms with E-state index >= 15 is 0 Å². The Kier molecular flexibility index (Phi) is 4.10. The molecule has 3 heterocycles. The molecular formula is C18H16N6OS. The second kappa shape index (κ2) is 6.57. The van der Waals surface area contributed by atoms with Gasteiger partial charge in [0.1, 0.15) is 11.3 Å². The van der Waals surface area contributed by atoms with Gasteiger partial charge in [-0.15, -0.1) is 16.4 Å². The first-order valence-electron chi connectivity index (χ1n) is 8.01. The lowest BCUT2D eigenvalue weighted by Gasteiger charge is -2.09. The molecule has 0 spiro atoms. The van der Waals surface area contributed by atoms with E-state index in [9.17, 15) is 4.79 Å². The zero-order chi connectivity index (χ0) is 18.1. The molecule has 0 atom stereocenters. The van der Waals surface area contributed by atoms with Crippen molar-refractivity contribution >= 4 is 22.9 Å². The van der Waals surface area contributed by atoms with E-state index in [1.165, 1.54) is 6.33 Å². The van der Waals surface area contributed by atoms with Crippen molar-refractivity contribution in [1.82, 2.24) is 24.8 Å². The Balaban J connectivity index is 1.61. The minimum atomic E-state index is -0.120. The summed E-state index contributed by atoms with van der Waals surface area (Å²) in [5.74, 6) is -0.120. The fourth-order valence-corrected chi connectivity index (χ4v) is 3.82. The number of amides is 1. The summed E-state index contributed by atoms with van der Waals surface area (Å²) in [6.07, 6.45) is 5.42. The lowest BCUT2D eigenvalue weighted by molar-refractivity contribution is 0.102. The van der Waals surface area contributed by atoms with E-state index in [2.05, 4.69) is 20.8 Å². The maximum absolute atomic E-state index is 12.9. The number of aryl methyl sites for hydroxylation is 1. The molecule has 130 valence electrons. The van der Waals surface area contributed by atoms with Crippen LogP contribution in [0.5, 0.6) is 0 Å². The van der Waals surface area contributed by atoms with Gasteiger partial charge in [-0.2, -0.15) is 0 Å². The molecule has 26 heavy (non-hydrogen) atoms. The highest BCUT2D eigenvalue weighted by atomic mass is 32.1. The molecule has 1 aromatic carbocycles. The molecular weight excluding hydrogens is 348 g/mol. The van der Waals surface area contributed by atoms with Crippen molar-refractivity contribution in [3.8, 4) is 10.7 Å². The summed E-state index contributed by atoms with van der Waals surface area (Å²) < 4.78 is 3.53. The average molecular weight is 364 g/mol. The van der Waals surface area contributed by atoms with E-state index in [4.69, 9.17) is 0 Å². The van der Waals surface area contributed by atoms with Crippen LogP contribution in [0.25, 0.3) is 10.7 Å². The van der Waals surface area contributed by atoms with Gasteiger partial charge in [-0.1, -0.05) is 0 Å². The molecule has 0 saturated carbocycles. The first-order valence-corrected chi connectivity index (χ1v) is 8.83. The van der Waals surface area contributed by atoms with Crippen LogP contribution in [0.3, 0.4) is 0 Å². The normalized spacial score (nSPS) is 10.8. The van der Waals surface area contributed by atoms with Gasteiger partial charge in [0.15, 0.2) is 0 Å². The Morgan fingerprint density at radius 2 is 1.85 bits per heavy atom. The van der Waals surface area contributed by atoms with Crippen molar-refractivity contribution < 1.29 is 4.79 Å². The van der Waals surface area contributed by atoms with Crippen LogP contribution in [0.4, 0.5) is 5.69 Å². The van der Waals surface area contributed by atoms with Crippen LogP contribution in [0.2, 0.25) is 0 Å². The van der Waals surface area contributed by atoms with Crippen molar-refractivity contribution in [2.75, 3.05) is 5.32 Å². The third-order valence-electron chi connectivity index (χ3n) is 4.17. The first kappa shape index (κ1) is 16.2. The summed E-state index contributed by atoms with van der Waals surface area (Å²) in [5, 5.41) is 15.0. The standard InChI is InChI=1S/C18H16N6OS/c1-12-13(2)26-18(23-9-3-4-10-23)16(12)17(25)20-14-5-7-15(8-6-14)24-11-19-21-22-24/h3-11H,1-2H3,(H,20,25). The van der Waals surface area contributed by atoms with E-state index < -0.39 is 0 Å². The SMILES string of the molecule is Cc1sc(-n2cccc2)c(C(=O)Nc2ccc(-n3cnnn3)cc2)c1C. The number of carbonyl (C=O) groups excluding carboxylic acids is 1. The highest BCUT2D eigenvalue weighted by Crippen LogP contribution is 2.31. The number of nitrogens with zero attached hydrogens (tertiary/aromatic N) is 5. The Bertz CT molecular complexity index is 1030. The topological polar surface area (TPSA) is 77.6 Å². The van der Waals surface area contributed by atoms with Gasteiger partial charge in [-0.05, 0) is 66.2 Å². The van der Waals surface area contributed by atoms with Crippen LogP contribution >= 0.6 is 11.3 Å². The van der Waals surface area contributed by atoms with Crippen LogP contribution in [0, 0.1) is 13.8 Å². The number of hydrogen-bond acceptors (Lipinski definition) is 5. The minimum Gasteiger partial charge on any atom is -0.322 e. The molecule has 1 N–H and O–H groups in total. The molecule has 4 aromatic rings. The monoisotopic (exact) mass is 364 g/mol. The first-order chi connectivity index (χ1) is 12.6. The van der Waals surface area contributed by atoms with Gasteiger partial charge in [0.25, 0.3) is 5.91 Å². The fraction of sp³-hybridized carbons (Fsp3) is 0.111. The van der Waals surface area contributed by atoms with Gasteiger partial charge >= 0.3 is 0 Å². The lowest BCUT2D eigenvalue weighted by atomic mass is 10.1. The van der Waals surface area contributed by atoms with Gasteiger partial charge in [0.2, 0.25) is 0 Å². The van der Waals surface area contributed by atoms with Gasteiger partial charge in [0.05, 0.1) is 11.3 Å². The van der Waals surface area contributed by atoms with Crippen LogP contribution in [-0.4, -0.2) is 30.7 Å². The molecule has 0 saturated heterocycles. The van der Waals surface area contributed by atoms with Crippen LogP contribution in [0.1, 0.15) is 20.8 Å². The van der Waals surface area contributed by atoms with Gasteiger partial charge in [-0.25, -0.2) is 4.68 Å². The molecule has 0 fully saturated rings. The van der Waals surface area contributed by atoms with Crippen molar-refractivity contribution in [1.29, 1.82) is 0 Å². The Hall–Kier alpha value is -3.26. The summed E-state index contributed by atoms with van der Waals surface area (Å²) in [6, 6.07) is 11.3. The molecule has 8 heteroatoms. The average Bonchev–Trinajstić information content (AvgIpc) is 3.38. The van der Waals surface area contributed by atoms with Crippen LogP contribution < -0.4 is 5.32 Å². The van der Waals surface area contributed by atoms with Crippen molar-refractivity contribution in [3.63, 3.8) is 0 Å². The summed E-state index contributed by atoms with van der Waals surface area (Å²) in [6.45, 7) is 4.01. The summed E-state index contributed by atoms with van der Waals surface area (Å²) in [5.41, 5.74) is 3.24. The molecule has 1 amide bonds. The van der Waals surface area contributed by atoms with Crippen LogP contribution in [-0.2, 0) is 0 Å². The molecule has 7 nitrogen and oxygen atoms in total. The molecule has 0 unspecified atom stereocenters. The highest BCUT2D eigenvalue weighted by molar-refractivity contribution is 7.15. The number of anilines is 1. The lowest BCUT2D eigenvalue weighted by Crippen LogP contribution is -2.14. The zero-order valence-corrected chi connectivity index (χ0v) is 15.1. The molecule has 0 radical (unpaired) electrons. The Labute approximate surface area is 153 Å². The number of aromatic nitrogens is 5. The highest BCUT2D eigenvalue weighted by Gasteiger charge is 2.20. The number of tetrazole rings is 1. The largest absolute Gasteiger partial charge is 0.322 e. The second-order valence-electron chi connectivity index (χ2n) is 5.81. The number of benzene rings is 1. The fourth-order valence-electron chi connectivity index (χ4n) is 2.70. The Morgan fingerprint density at radius 1 is 1.12 bits per heavy atom. The molecule has 4 rings (SSSR count). The molecule has 3 aromatic heterocycles. The van der Waals surface area contributed by atoms with Gasteiger partial charge in [0, 0.05) is 23.0 Å². The Morgan fingerprint density at radius 3 is 2.50 bits per heavy atom. The predicted octanol–water partition coefficient (Wildman–Crippen LogP) is 3.38.